The molecule has 13 heteroatoms. The van der Waals surface area contributed by atoms with Crippen LogP contribution < -0.4 is 15.8 Å². The van der Waals surface area contributed by atoms with E-state index >= 15 is 0 Å². The van der Waals surface area contributed by atoms with Crippen molar-refractivity contribution in [1.82, 2.24) is 20.2 Å². The van der Waals surface area contributed by atoms with Gasteiger partial charge in [-0.25, -0.2) is 0 Å². The van der Waals surface area contributed by atoms with Crippen molar-refractivity contribution in [3.63, 3.8) is 0 Å². The summed E-state index contributed by atoms with van der Waals surface area (Å²) < 4.78 is 6.26. The van der Waals surface area contributed by atoms with Crippen LogP contribution in [0.1, 0.15) is 16.1 Å². The lowest BCUT2D eigenvalue weighted by Crippen LogP contribution is -2.42. The number of thioether (sulfide) groups is 2. The van der Waals surface area contributed by atoms with Crippen molar-refractivity contribution in [2.45, 2.75) is 11.0 Å². The number of aromatic amines is 2. The molecule has 2 aromatic heterocycles. The minimum atomic E-state index is -0.145. The Morgan fingerprint density at radius 3 is 2.51 bits per heavy atom. The average Bonchev–Trinajstić information content (AvgIpc) is 3.44. The molecule has 0 spiro atoms. The number of carbonyl (C=O) groups excluding carboxylic acids is 1. The van der Waals surface area contributed by atoms with Crippen molar-refractivity contribution in [2.24, 2.45) is 0 Å². The summed E-state index contributed by atoms with van der Waals surface area (Å²) in [5, 5.41) is 13.2. The highest BCUT2D eigenvalue weighted by molar-refractivity contribution is 7.99. The zero-order valence-electron chi connectivity index (χ0n) is 23.9. The molecule has 1 fully saturated rings. The number of amides is 1. The van der Waals surface area contributed by atoms with Crippen molar-refractivity contribution >= 4 is 58.2 Å². The van der Waals surface area contributed by atoms with E-state index < -0.39 is 0 Å². The number of hydrogen-bond donors (Lipinski definition) is 5. The van der Waals surface area contributed by atoms with E-state index in [0.29, 0.717) is 34.4 Å². The van der Waals surface area contributed by atoms with Gasteiger partial charge in [-0.05, 0) is 29.8 Å². The van der Waals surface area contributed by atoms with Crippen molar-refractivity contribution in [1.29, 1.82) is 0 Å². The molecule has 0 bridgehead atoms. The fraction of sp³-hybridized carbons (Fsp3) is 0.333. The van der Waals surface area contributed by atoms with Gasteiger partial charge in [0.25, 0.3) is 5.91 Å². The van der Waals surface area contributed by atoms with Gasteiger partial charge in [-0.15, -0.1) is 0 Å². The third kappa shape index (κ3) is 11.9. The molecule has 1 aliphatic rings. The topological polar surface area (TPSA) is 182 Å². The first kappa shape index (κ1) is 36.2. The third-order valence-electron chi connectivity index (χ3n) is 6.40. The van der Waals surface area contributed by atoms with Crippen LogP contribution in [0.25, 0.3) is 10.9 Å². The number of nitrogens with one attached hydrogen (secondary N) is 3. The number of fused-ring (bicyclic) bond motifs is 1. The zero-order valence-corrected chi connectivity index (χ0v) is 26.3. The molecule has 1 amide bonds. The van der Waals surface area contributed by atoms with Crippen LogP contribution in [0.3, 0.4) is 0 Å². The Hall–Kier alpha value is -3.04. The molecular weight excluding hydrogens is 607 g/mol. The van der Waals surface area contributed by atoms with Crippen molar-refractivity contribution < 1.29 is 25.6 Å². The summed E-state index contributed by atoms with van der Waals surface area (Å²) in [6, 6.07) is 21.4. The Morgan fingerprint density at radius 2 is 1.86 bits per heavy atom. The van der Waals surface area contributed by atoms with Gasteiger partial charge in [-0.1, -0.05) is 48.6 Å². The quantitative estimate of drug-likeness (QED) is 0.121. The number of aromatic nitrogens is 2. The summed E-state index contributed by atoms with van der Waals surface area (Å²) in [4.78, 5) is 21.5. The van der Waals surface area contributed by atoms with Crippen molar-refractivity contribution in [2.75, 3.05) is 56.6 Å². The zero-order chi connectivity index (χ0) is 28.9. The molecule has 2 aromatic carbocycles. The predicted octanol–water partition coefficient (Wildman–Crippen LogP) is 3.30. The monoisotopic (exact) mass is 647 g/mol. The molecule has 1 unspecified atom stereocenters. The number of carbonyl (C=O) groups is 1. The molecule has 1 aliphatic heterocycles. The van der Waals surface area contributed by atoms with Gasteiger partial charge in [0, 0.05) is 66.3 Å². The number of benzene rings is 2. The van der Waals surface area contributed by atoms with Crippen LogP contribution in [0.5, 0.6) is 5.75 Å². The smallest absolute Gasteiger partial charge is 0.267 e. The molecule has 5 rings (SSSR count). The van der Waals surface area contributed by atoms with E-state index in [-0.39, 0.29) is 30.1 Å². The maximum absolute atomic E-state index is 13.0. The number of nitrogen functional groups attached to an aromatic ring is 1. The number of aliphatic hydroxyl groups excluding tert-OH is 1. The van der Waals surface area contributed by atoms with Gasteiger partial charge in [-0.2, -0.15) is 23.5 Å². The normalized spacial score (nSPS) is 13.5. The number of H-pyrrole nitrogens is 2. The largest absolute Gasteiger partial charge is 0.491 e. The lowest BCUT2D eigenvalue weighted by Gasteiger charge is -2.30. The SMILES string of the molecule is Nc1cc(OCCO)cc2cc(C(=O)NCC(CN3CCSCC3)SCc3ccccc3)[nH]c12.O.O.S=c1cccc[nH]1. The number of nitrogens with zero attached hydrogens (tertiary/aromatic N) is 1. The second kappa shape index (κ2) is 19.3. The summed E-state index contributed by atoms with van der Waals surface area (Å²) in [5.74, 6) is 3.69. The van der Waals surface area contributed by atoms with Crippen LogP contribution in [-0.4, -0.2) is 93.0 Å². The molecule has 0 radical (unpaired) electrons. The number of pyridine rings is 1. The minimum Gasteiger partial charge on any atom is -0.491 e. The van der Waals surface area contributed by atoms with E-state index in [1.807, 2.05) is 60.1 Å². The number of aliphatic hydroxyl groups is 1. The molecule has 0 saturated carbocycles. The number of hydrogen-bond acceptors (Lipinski definition) is 8. The number of rotatable bonds is 11. The summed E-state index contributed by atoms with van der Waals surface area (Å²) >= 11 is 8.65. The highest BCUT2D eigenvalue weighted by atomic mass is 32.2. The van der Waals surface area contributed by atoms with Gasteiger partial charge in [0.15, 0.2) is 0 Å². The molecular formula is C30H41N5O5S3. The first-order chi connectivity index (χ1) is 20.0. The molecule has 10 nitrogen and oxygen atoms in total. The van der Waals surface area contributed by atoms with Gasteiger partial charge in [0.05, 0.1) is 17.8 Å². The lowest BCUT2D eigenvalue weighted by molar-refractivity contribution is 0.0948. The fourth-order valence-electron chi connectivity index (χ4n) is 4.33. The summed E-state index contributed by atoms with van der Waals surface area (Å²) in [6.45, 7) is 3.88. The number of ether oxygens (including phenoxy) is 1. The first-order valence-corrected chi connectivity index (χ1v) is 16.2. The van der Waals surface area contributed by atoms with Gasteiger partial charge in [-0.3, -0.25) is 4.79 Å². The second-order valence-electron chi connectivity index (χ2n) is 9.50. The first-order valence-electron chi connectivity index (χ1n) is 13.6. The summed E-state index contributed by atoms with van der Waals surface area (Å²) in [5.41, 5.74) is 9.13. The Balaban J connectivity index is 0.000000631. The number of anilines is 1. The van der Waals surface area contributed by atoms with Crippen molar-refractivity contribution in [3.05, 3.63) is 88.8 Å². The third-order valence-corrected chi connectivity index (χ3v) is 8.89. The molecule has 10 N–H and O–H groups in total. The second-order valence-corrected chi connectivity index (χ2v) is 12.5. The van der Waals surface area contributed by atoms with Crippen LogP contribution in [0.2, 0.25) is 0 Å². The maximum atomic E-state index is 13.0. The number of nitrogens with two attached hydrogens (primary N) is 1. The average molecular weight is 648 g/mol. The van der Waals surface area contributed by atoms with E-state index in [9.17, 15) is 4.79 Å². The standard InChI is InChI=1S/C25H32N4O3S2.C5H5NS.2H2O/c26-22-14-20(32-9-8-30)12-19-13-23(28-24(19)22)25(31)27-15-21(16-29-6-10-33-11-7-29)34-17-18-4-2-1-3-5-18;7-5-3-1-2-4-6-5;;/h1-5,12-14,21,28,30H,6-11,15-17,26H2,(H,27,31);1-4H,(H,6,7);2*1H2. The van der Waals surface area contributed by atoms with Crippen LogP contribution >= 0.6 is 35.7 Å². The molecule has 3 heterocycles. The maximum Gasteiger partial charge on any atom is 0.267 e. The summed E-state index contributed by atoms with van der Waals surface area (Å²) in [6.07, 6.45) is 1.81. The van der Waals surface area contributed by atoms with Crippen LogP contribution in [0.4, 0.5) is 5.69 Å². The Morgan fingerprint density at radius 1 is 1.12 bits per heavy atom. The molecule has 0 aliphatic carbocycles. The Labute approximate surface area is 265 Å². The van der Waals surface area contributed by atoms with E-state index in [1.54, 1.807) is 12.1 Å². The molecule has 1 saturated heterocycles. The molecule has 43 heavy (non-hydrogen) atoms. The summed E-state index contributed by atoms with van der Waals surface area (Å²) in [7, 11) is 0. The fourth-order valence-corrected chi connectivity index (χ4v) is 6.59. The molecule has 234 valence electrons. The van der Waals surface area contributed by atoms with E-state index in [4.69, 9.17) is 27.8 Å². The lowest BCUT2D eigenvalue weighted by atomic mass is 10.2. The highest BCUT2D eigenvalue weighted by Crippen LogP contribution is 2.28. The minimum absolute atomic E-state index is 0. The molecule has 4 aromatic rings. The van der Waals surface area contributed by atoms with Gasteiger partial charge in [0.2, 0.25) is 0 Å². The Bertz CT molecular complexity index is 1410. The van der Waals surface area contributed by atoms with E-state index in [2.05, 4.69) is 44.5 Å². The van der Waals surface area contributed by atoms with Gasteiger partial charge >= 0.3 is 0 Å². The van der Waals surface area contributed by atoms with Gasteiger partial charge < -0.3 is 46.7 Å². The van der Waals surface area contributed by atoms with Gasteiger partial charge in [0.1, 0.15) is 22.7 Å². The predicted molar refractivity (Wildman–Crippen MR) is 182 cm³/mol. The molecule has 1 atom stereocenters. The van der Waals surface area contributed by atoms with Crippen LogP contribution in [0.15, 0.2) is 72.9 Å². The highest BCUT2D eigenvalue weighted by Gasteiger charge is 2.19. The van der Waals surface area contributed by atoms with Crippen LogP contribution in [-0.2, 0) is 5.75 Å². The van der Waals surface area contributed by atoms with E-state index in [0.717, 1.165) is 35.4 Å². The Kier molecular flexibility index (Phi) is 16.2. The van der Waals surface area contributed by atoms with Crippen molar-refractivity contribution in [3.8, 4) is 5.75 Å². The van der Waals surface area contributed by atoms with Crippen LogP contribution in [0, 0.1) is 4.64 Å². The van der Waals surface area contributed by atoms with E-state index in [1.165, 1.54) is 17.1 Å².